The number of hydrogen-bond acceptors (Lipinski definition) is 4. The van der Waals surface area contributed by atoms with Crippen LogP contribution in [-0.4, -0.2) is 33.0 Å². The Morgan fingerprint density at radius 3 is 2.59 bits per heavy atom. The molecule has 32 heavy (non-hydrogen) atoms. The number of halogens is 1. The van der Waals surface area contributed by atoms with Gasteiger partial charge in [0.05, 0.1) is 17.0 Å². The minimum atomic E-state index is -0.317. The van der Waals surface area contributed by atoms with Crippen molar-refractivity contribution in [1.82, 2.24) is 14.8 Å². The van der Waals surface area contributed by atoms with Crippen LogP contribution in [0.1, 0.15) is 25.8 Å². The highest BCUT2D eigenvalue weighted by atomic mass is 32.2. The van der Waals surface area contributed by atoms with Crippen LogP contribution in [0.4, 0.5) is 10.1 Å². The van der Waals surface area contributed by atoms with Crippen LogP contribution in [0.2, 0.25) is 0 Å². The molecule has 0 atom stereocenters. The number of aromatic nitrogens is 3. The summed E-state index contributed by atoms with van der Waals surface area (Å²) in [6.07, 6.45) is 2.02. The molecule has 1 aliphatic carbocycles. The molecular weight excluding hydrogens is 423 g/mol. The number of anilines is 1. The molecular formula is C25H23FN4OS. The van der Waals surface area contributed by atoms with Crippen LogP contribution in [-0.2, 0) is 4.79 Å². The molecule has 4 aromatic rings. The summed E-state index contributed by atoms with van der Waals surface area (Å²) < 4.78 is 16.4. The van der Waals surface area contributed by atoms with Crippen molar-refractivity contribution in [2.45, 2.75) is 31.0 Å². The van der Waals surface area contributed by atoms with Gasteiger partial charge in [-0.05, 0) is 43.4 Å². The van der Waals surface area contributed by atoms with Gasteiger partial charge in [-0.3, -0.25) is 9.36 Å². The number of hydrogen-bond donors (Lipinski definition) is 0. The first-order chi connectivity index (χ1) is 15.7. The summed E-state index contributed by atoms with van der Waals surface area (Å²) >= 11 is 1.36. The van der Waals surface area contributed by atoms with Crippen molar-refractivity contribution >= 4 is 34.1 Å². The van der Waals surface area contributed by atoms with Crippen molar-refractivity contribution in [1.29, 1.82) is 0 Å². The van der Waals surface area contributed by atoms with Crippen LogP contribution < -0.4 is 4.90 Å². The van der Waals surface area contributed by atoms with Gasteiger partial charge in [0.15, 0.2) is 11.0 Å². The fraction of sp³-hybridized carbons (Fsp3) is 0.240. The van der Waals surface area contributed by atoms with Gasteiger partial charge >= 0.3 is 0 Å². The zero-order valence-electron chi connectivity index (χ0n) is 17.7. The number of nitrogens with zero attached hydrogens (tertiary/aromatic N) is 4. The third kappa shape index (κ3) is 3.88. The van der Waals surface area contributed by atoms with Crippen molar-refractivity contribution in [2.24, 2.45) is 0 Å². The third-order valence-corrected chi connectivity index (χ3v) is 6.62. The summed E-state index contributed by atoms with van der Waals surface area (Å²) in [5, 5.41) is 11.4. The number of carbonyl (C=O) groups is 1. The molecule has 0 saturated heterocycles. The largest absolute Gasteiger partial charge is 0.311 e. The highest BCUT2D eigenvalue weighted by Gasteiger charge is 2.31. The first kappa shape index (κ1) is 20.7. The predicted molar refractivity (Wildman–Crippen MR) is 126 cm³/mol. The van der Waals surface area contributed by atoms with E-state index in [1.165, 1.54) is 17.8 Å². The number of carbonyl (C=O) groups excluding carboxylic acids is 1. The molecule has 1 saturated carbocycles. The lowest BCUT2D eigenvalue weighted by Crippen LogP contribution is -2.32. The average Bonchev–Trinajstić information content (AvgIpc) is 3.58. The molecule has 0 bridgehead atoms. The zero-order valence-corrected chi connectivity index (χ0v) is 18.6. The number of rotatable bonds is 7. The van der Waals surface area contributed by atoms with E-state index < -0.39 is 0 Å². The molecule has 0 unspecified atom stereocenters. The van der Waals surface area contributed by atoms with Gasteiger partial charge in [0, 0.05) is 18.0 Å². The normalized spacial score (nSPS) is 13.4. The topological polar surface area (TPSA) is 51.0 Å². The number of fused-ring (bicyclic) bond motifs is 1. The summed E-state index contributed by atoms with van der Waals surface area (Å²) in [6, 6.07) is 21.0. The van der Waals surface area contributed by atoms with E-state index in [2.05, 4.69) is 10.2 Å². The second kappa shape index (κ2) is 8.74. The second-order valence-corrected chi connectivity index (χ2v) is 8.75. The molecule has 1 aliphatic rings. The fourth-order valence-corrected chi connectivity index (χ4v) is 4.87. The molecule has 1 aromatic heterocycles. The van der Waals surface area contributed by atoms with Gasteiger partial charge in [-0.2, -0.15) is 0 Å². The monoisotopic (exact) mass is 446 g/mol. The summed E-state index contributed by atoms with van der Waals surface area (Å²) in [7, 11) is 0. The van der Waals surface area contributed by atoms with E-state index >= 15 is 0 Å². The standard InChI is InChI=1S/C25H23FN4OS/c1-2-29(22-13-7-9-17-8-3-4-10-19(17)22)23(31)16-32-25-28-27-24(30(25)18-14-15-18)20-11-5-6-12-21(20)26/h3-13,18H,2,14-16H2,1H3. The molecule has 0 N–H and O–H groups in total. The predicted octanol–water partition coefficient (Wildman–Crippen LogP) is 5.72. The fourth-order valence-electron chi connectivity index (χ4n) is 3.99. The van der Waals surface area contributed by atoms with Gasteiger partial charge in [0.1, 0.15) is 5.82 Å². The van der Waals surface area contributed by atoms with Crippen LogP contribution in [0, 0.1) is 5.82 Å². The molecule has 0 spiro atoms. The van der Waals surface area contributed by atoms with Crippen LogP contribution in [0.3, 0.4) is 0 Å². The zero-order chi connectivity index (χ0) is 22.1. The number of thioether (sulfide) groups is 1. The minimum Gasteiger partial charge on any atom is -0.311 e. The van der Waals surface area contributed by atoms with E-state index in [1.54, 1.807) is 18.2 Å². The third-order valence-electron chi connectivity index (χ3n) is 5.69. The molecule has 5 nitrogen and oxygen atoms in total. The van der Waals surface area contributed by atoms with Crippen LogP contribution >= 0.6 is 11.8 Å². The molecule has 1 fully saturated rings. The summed E-state index contributed by atoms with van der Waals surface area (Å²) in [5.41, 5.74) is 1.35. The Morgan fingerprint density at radius 1 is 1.06 bits per heavy atom. The SMILES string of the molecule is CCN(C(=O)CSc1nnc(-c2ccccc2F)n1C1CC1)c1cccc2ccccc12. The van der Waals surface area contributed by atoms with E-state index in [-0.39, 0.29) is 23.5 Å². The highest BCUT2D eigenvalue weighted by molar-refractivity contribution is 7.99. The maximum absolute atomic E-state index is 14.4. The van der Waals surface area contributed by atoms with Crippen LogP contribution in [0.15, 0.2) is 71.9 Å². The van der Waals surface area contributed by atoms with E-state index in [9.17, 15) is 9.18 Å². The summed E-state index contributed by atoms with van der Waals surface area (Å²) in [4.78, 5) is 15.0. The molecule has 1 heterocycles. The Balaban J connectivity index is 1.40. The lowest BCUT2D eigenvalue weighted by molar-refractivity contribution is -0.116. The van der Waals surface area contributed by atoms with Crippen molar-refractivity contribution in [3.63, 3.8) is 0 Å². The maximum Gasteiger partial charge on any atom is 0.237 e. The van der Waals surface area contributed by atoms with Gasteiger partial charge in [0.2, 0.25) is 5.91 Å². The molecule has 3 aromatic carbocycles. The van der Waals surface area contributed by atoms with Gasteiger partial charge in [-0.1, -0.05) is 60.3 Å². The second-order valence-electron chi connectivity index (χ2n) is 7.81. The molecule has 0 aliphatic heterocycles. The smallest absolute Gasteiger partial charge is 0.237 e. The summed E-state index contributed by atoms with van der Waals surface area (Å²) in [5.74, 6) is 0.454. The summed E-state index contributed by atoms with van der Waals surface area (Å²) in [6.45, 7) is 2.55. The van der Waals surface area contributed by atoms with E-state index in [0.717, 1.165) is 29.3 Å². The van der Waals surface area contributed by atoms with Gasteiger partial charge in [-0.15, -0.1) is 10.2 Å². The van der Waals surface area contributed by atoms with E-state index in [0.29, 0.717) is 23.1 Å². The number of amides is 1. The Labute approximate surface area is 190 Å². The minimum absolute atomic E-state index is 0.00615. The van der Waals surface area contributed by atoms with Crippen LogP contribution in [0.5, 0.6) is 0 Å². The van der Waals surface area contributed by atoms with Gasteiger partial charge in [-0.25, -0.2) is 4.39 Å². The Morgan fingerprint density at radius 2 is 1.81 bits per heavy atom. The van der Waals surface area contributed by atoms with Crippen molar-refractivity contribution in [2.75, 3.05) is 17.2 Å². The van der Waals surface area contributed by atoms with Crippen molar-refractivity contribution < 1.29 is 9.18 Å². The van der Waals surface area contributed by atoms with Crippen molar-refractivity contribution in [3.05, 3.63) is 72.5 Å². The Hall–Kier alpha value is -3.19. The molecule has 7 heteroatoms. The maximum atomic E-state index is 14.4. The number of benzene rings is 3. The lowest BCUT2D eigenvalue weighted by atomic mass is 10.1. The molecule has 1 amide bonds. The highest BCUT2D eigenvalue weighted by Crippen LogP contribution is 2.41. The van der Waals surface area contributed by atoms with E-state index in [1.807, 2.05) is 58.9 Å². The quantitative estimate of drug-likeness (QED) is 0.341. The molecule has 5 rings (SSSR count). The van der Waals surface area contributed by atoms with Gasteiger partial charge in [0.25, 0.3) is 0 Å². The van der Waals surface area contributed by atoms with Crippen LogP contribution in [0.25, 0.3) is 22.2 Å². The molecule has 162 valence electrons. The molecule has 0 radical (unpaired) electrons. The lowest BCUT2D eigenvalue weighted by Gasteiger charge is -2.22. The Bertz CT molecular complexity index is 1280. The average molecular weight is 447 g/mol. The first-order valence-corrected chi connectivity index (χ1v) is 11.8. The van der Waals surface area contributed by atoms with E-state index in [4.69, 9.17) is 0 Å². The van der Waals surface area contributed by atoms with Gasteiger partial charge < -0.3 is 4.90 Å². The van der Waals surface area contributed by atoms with Crippen molar-refractivity contribution in [3.8, 4) is 11.4 Å². The Kier molecular flexibility index (Phi) is 5.66. The first-order valence-electron chi connectivity index (χ1n) is 10.8.